The fourth-order valence-electron chi connectivity index (χ4n) is 2.77. The number of carbonyl (C=O) groups excluding carboxylic acids is 2. The Morgan fingerprint density at radius 2 is 2.00 bits per heavy atom. The van der Waals surface area contributed by atoms with Crippen molar-refractivity contribution >= 4 is 11.8 Å². The molecule has 0 unspecified atom stereocenters. The number of hydrogen-bond donors (Lipinski definition) is 0. The normalized spacial score (nSPS) is 25.0. The maximum atomic E-state index is 11.9. The van der Waals surface area contributed by atoms with Crippen molar-refractivity contribution < 1.29 is 19.1 Å². The number of esters is 1. The van der Waals surface area contributed by atoms with E-state index >= 15 is 0 Å². The summed E-state index contributed by atoms with van der Waals surface area (Å²) in [5.74, 6) is -0.872. The molecule has 0 spiro atoms. The molecule has 1 aliphatic carbocycles. The monoisotopic (exact) mass is 287 g/mol. The number of methoxy groups -OCH3 is 2. The molecule has 0 aliphatic heterocycles. The number of nitrogens with zero attached hydrogens (tertiary/aromatic N) is 1. The molecule has 1 saturated carbocycles. The van der Waals surface area contributed by atoms with Crippen molar-refractivity contribution in [2.45, 2.75) is 24.7 Å². The van der Waals surface area contributed by atoms with Crippen LogP contribution < -0.4 is 4.74 Å². The fourth-order valence-corrected chi connectivity index (χ4v) is 2.77. The lowest BCUT2D eigenvalue weighted by Crippen LogP contribution is -2.40. The van der Waals surface area contributed by atoms with E-state index in [9.17, 15) is 14.9 Å². The van der Waals surface area contributed by atoms with Crippen LogP contribution in [0.15, 0.2) is 24.3 Å². The lowest BCUT2D eigenvalue weighted by Gasteiger charge is -2.34. The maximum Gasteiger partial charge on any atom is 0.316 e. The van der Waals surface area contributed by atoms with Crippen LogP contribution >= 0.6 is 0 Å². The summed E-state index contributed by atoms with van der Waals surface area (Å²) in [6, 6.07) is 9.47. The van der Waals surface area contributed by atoms with Gasteiger partial charge in [0.1, 0.15) is 17.5 Å². The summed E-state index contributed by atoms with van der Waals surface area (Å²) in [6.07, 6.45) is 0.794. The number of ether oxygens (including phenoxy) is 2. The highest BCUT2D eigenvalue weighted by Crippen LogP contribution is 2.41. The van der Waals surface area contributed by atoms with E-state index in [0.717, 1.165) is 5.56 Å². The second-order valence-electron chi connectivity index (χ2n) is 5.17. The van der Waals surface area contributed by atoms with Crippen LogP contribution in [0.2, 0.25) is 0 Å². The van der Waals surface area contributed by atoms with E-state index in [1.54, 1.807) is 19.2 Å². The van der Waals surface area contributed by atoms with E-state index in [4.69, 9.17) is 4.74 Å². The number of carbonyl (C=O) groups is 2. The van der Waals surface area contributed by atoms with Gasteiger partial charge in [-0.2, -0.15) is 5.26 Å². The first-order valence-corrected chi connectivity index (χ1v) is 6.72. The molecule has 0 bridgehead atoms. The Morgan fingerprint density at radius 3 is 2.52 bits per heavy atom. The van der Waals surface area contributed by atoms with Crippen LogP contribution in [0.25, 0.3) is 0 Å². The molecule has 0 heterocycles. The van der Waals surface area contributed by atoms with Crippen molar-refractivity contribution in [3.05, 3.63) is 29.8 Å². The first-order valence-electron chi connectivity index (χ1n) is 6.72. The SMILES string of the molecule is COC(=O)[C@H]1C[C@](C#N)(c2ccc(OC)cc2)CCC1=O. The Kier molecular flexibility index (Phi) is 4.27. The topological polar surface area (TPSA) is 76.4 Å². The summed E-state index contributed by atoms with van der Waals surface area (Å²) < 4.78 is 9.79. The van der Waals surface area contributed by atoms with Gasteiger partial charge in [0.2, 0.25) is 0 Å². The minimum atomic E-state index is -0.856. The molecule has 1 aliphatic rings. The van der Waals surface area contributed by atoms with Crippen LogP contribution in [0.5, 0.6) is 5.75 Å². The third kappa shape index (κ3) is 2.75. The highest BCUT2D eigenvalue weighted by atomic mass is 16.5. The molecule has 1 aromatic carbocycles. The van der Waals surface area contributed by atoms with Gasteiger partial charge in [-0.25, -0.2) is 0 Å². The Labute approximate surface area is 123 Å². The Balaban J connectivity index is 2.34. The van der Waals surface area contributed by atoms with Crippen molar-refractivity contribution in [3.8, 4) is 11.8 Å². The molecule has 21 heavy (non-hydrogen) atoms. The molecule has 2 rings (SSSR count). The zero-order valence-corrected chi connectivity index (χ0v) is 12.1. The molecule has 0 saturated heterocycles. The molecule has 0 amide bonds. The van der Waals surface area contributed by atoms with Crippen molar-refractivity contribution in [1.82, 2.24) is 0 Å². The maximum absolute atomic E-state index is 11.9. The van der Waals surface area contributed by atoms with Crippen molar-refractivity contribution in [2.75, 3.05) is 14.2 Å². The van der Waals surface area contributed by atoms with Crippen LogP contribution in [0.4, 0.5) is 0 Å². The lowest BCUT2D eigenvalue weighted by atomic mass is 9.66. The summed E-state index contributed by atoms with van der Waals surface area (Å²) in [7, 11) is 2.83. The average molecular weight is 287 g/mol. The minimum Gasteiger partial charge on any atom is -0.497 e. The second kappa shape index (κ2) is 5.96. The van der Waals surface area contributed by atoms with Gasteiger partial charge in [-0.3, -0.25) is 9.59 Å². The summed E-state index contributed by atoms with van der Waals surface area (Å²) in [5.41, 5.74) is -0.0360. The number of Topliss-reactive ketones (excluding diaryl/α,β-unsaturated/α-hetero) is 1. The molecule has 0 aromatic heterocycles. The molecule has 5 nitrogen and oxygen atoms in total. The van der Waals surface area contributed by atoms with E-state index in [2.05, 4.69) is 10.8 Å². The van der Waals surface area contributed by atoms with Gasteiger partial charge in [0.15, 0.2) is 0 Å². The van der Waals surface area contributed by atoms with Gasteiger partial charge in [-0.05, 0) is 30.5 Å². The standard InChI is InChI=1S/C16H17NO4/c1-20-12-5-3-11(4-6-12)16(10-17)8-7-14(18)13(9-16)15(19)21-2/h3-6,13H,7-9H2,1-2H3/t13-,16+/m0/s1. The zero-order valence-electron chi connectivity index (χ0n) is 12.1. The van der Waals surface area contributed by atoms with E-state index in [-0.39, 0.29) is 18.6 Å². The quantitative estimate of drug-likeness (QED) is 0.627. The van der Waals surface area contributed by atoms with Crippen LogP contribution in [0, 0.1) is 17.2 Å². The van der Waals surface area contributed by atoms with Gasteiger partial charge in [-0.15, -0.1) is 0 Å². The van der Waals surface area contributed by atoms with Crippen LogP contribution in [0.3, 0.4) is 0 Å². The summed E-state index contributed by atoms with van der Waals surface area (Å²) in [4.78, 5) is 23.6. The predicted molar refractivity (Wildman–Crippen MR) is 74.6 cm³/mol. The van der Waals surface area contributed by atoms with Gasteiger partial charge in [-0.1, -0.05) is 12.1 Å². The van der Waals surface area contributed by atoms with E-state index in [0.29, 0.717) is 12.2 Å². The smallest absolute Gasteiger partial charge is 0.316 e. The summed E-state index contributed by atoms with van der Waals surface area (Å²) in [5, 5.41) is 9.64. The van der Waals surface area contributed by atoms with E-state index in [1.807, 2.05) is 12.1 Å². The van der Waals surface area contributed by atoms with E-state index in [1.165, 1.54) is 7.11 Å². The fraction of sp³-hybridized carbons (Fsp3) is 0.438. The van der Waals surface area contributed by atoms with E-state index < -0.39 is 17.3 Å². The third-order valence-corrected chi connectivity index (χ3v) is 4.08. The van der Waals surface area contributed by atoms with Crippen molar-refractivity contribution in [2.24, 2.45) is 5.92 Å². The van der Waals surface area contributed by atoms with Gasteiger partial charge in [0.25, 0.3) is 0 Å². The first-order chi connectivity index (χ1) is 10.1. The number of hydrogen-bond acceptors (Lipinski definition) is 5. The Bertz CT molecular complexity index is 579. The molecule has 0 radical (unpaired) electrons. The van der Waals surface area contributed by atoms with Gasteiger partial charge in [0.05, 0.1) is 25.7 Å². The van der Waals surface area contributed by atoms with Gasteiger partial charge < -0.3 is 9.47 Å². The van der Waals surface area contributed by atoms with Gasteiger partial charge >= 0.3 is 5.97 Å². The number of benzene rings is 1. The largest absolute Gasteiger partial charge is 0.497 e. The molecule has 5 heteroatoms. The molecule has 1 fully saturated rings. The Morgan fingerprint density at radius 1 is 1.33 bits per heavy atom. The molecule has 1 aromatic rings. The van der Waals surface area contributed by atoms with Crippen LogP contribution in [0.1, 0.15) is 24.8 Å². The summed E-state index contributed by atoms with van der Waals surface area (Å²) in [6.45, 7) is 0. The number of rotatable bonds is 3. The highest BCUT2D eigenvalue weighted by Gasteiger charge is 2.45. The van der Waals surface area contributed by atoms with Crippen LogP contribution in [-0.2, 0) is 19.7 Å². The first kappa shape index (κ1) is 15.0. The lowest BCUT2D eigenvalue weighted by molar-refractivity contribution is -0.151. The average Bonchev–Trinajstić information content (AvgIpc) is 2.55. The molecular weight excluding hydrogens is 270 g/mol. The molecule has 110 valence electrons. The third-order valence-electron chi connectivity index (χ3n) is 4.08. The van der Waals surface area contributed by atoms with Crippen molar-refractivity contribution in [3.63, 3.8) is 0 Å². The predicted octanol–water partition coefficient (Wildman–Crippen LogP) is 2.00. The van der Waals surface area contributed by atoms with Crippen molar-refractivity contribution in [1.29, 1.82) is 5.26 Å². The van der Waals surface area contributed by atoms with Gasteiger partial charge in [0, 0.05) is 6.42 Å². The summed E-state index contributed by atoms with van der Waals surface area (Å²) >= 11 is 0. The zero-order chi connectivity index (χ0) is 15.5. The highest BCUT2D eigenvalue weighted by molar-refractivity contribution is 6.00. The molecular formula is C16H17NO4. The molecule has 0 N–H and O–H groups in total. The minimum absolute atomic E-state index is 0.152. The number of nitriles is 1. The number of ketones is 1. The molecule has 2 atom stereocenters. The second-order valence-corrected chi connectivity index (χ2v) is 5.17. The van der Waals surface area contributed by atoms with Crippen LogP contribution in [-0.4, -0.2) is 26.0 Å². The Hall–Kier alpha value is -2.35.